The zero-order chi connectivity index (χ0) is 10.8. The third-order valence-electron chi connectivity index (χ3n) is 2.75. The zero-order valence-electron chi connectivity index (χ0n) is 8.60. The van der Waals surface area contributed by atoms with Gasteiger partial charge in [0.25, 0.3) is 0 Å². The third kappa shape index (κ3) is 1.84. The Labute approximate surface area is 88.9 Å². The number of nitriles is 1. The predicted octanol–water partition coefficient (Wildman–Crippen LogP) is 1.97. The van der Waals surface area contributed by atoms with E-state index in [0.717, 1.165) is 12.0 Å². The van der Waals surface area contributed by atoms with Gasteiger partial charge in [0.15, 0.2) is 0 Å². The summed E-state index contributed by atoms with van der Waals surface area (Å²) in [5.74, 6) is 0. The molecule has 0 saturated heterocycles. The van der Waals surface area contributed by atoms with Gasteiger partial charge in [0.05, 0.1) is 11.3 Å². The average molecular weight is 200 g/mol. The molecule has 3 nitrogen and oxygen atoms in total. The molecule has 0 N–H and O–H groups in total. The lowest BCUT2D eigenvalue weighted by atomic mass is 10.1. The molecule has 1 aliphatic rings. The molecule has 0 atom stereocenters. The molecule has 0 unspecified atom stereocenters. The van der Waals surface area contributed by atoms with Gasteiger partial charge in [0.2, 0.25) is 0 Å². The van der Waals surface area contributed by atoms with Gasteiger partial charge in [-0.1, -0.05) is 0 Å². The zero-order valence-corrected chi connectivity index (χ0v) is 8.60. The van der Waals surface area contributed by atoms with Gasteiger partial charge in [-0.2, -0.15) is 5.26 Å². The Morgan fingerprint density at radius 3 is 2.80 bits per heavy atom. The molecular weight excluding hydrogens is 188 g/mol. The molecule has 1 aromatic carbocycles. The second-order valence-electron chi connectivity index (χ2n) is 3.85. The maximum Gasteiger partial charge on any atom is 0.150 e. The molecule has 1 aromatic rings. The Bertz CT molecular complexity index is 430. The molecule has 2 rings (SSSR count). The minimum Gasteiger partial charge on any atom is -0.371 e. The van der Waals surface area contributed by atoms with Gasteiger partial charge in [-0.05, 0) is 31.0 Å². The van der Waals surface area contributed by atoms with Crippen molar-refractivity contribution < 1.29 is 4.79 Å². The highest BCUT2D eigenvalue weighted by atomic mass is 16.1. The third-order valence-corrected chi connectivity index (χ3v) is 2.75. The van der Waals surface area contributed by atoms with Crippen LogP contribution in [0.3, 0.4) is 0 Å². The molecule has 1 saturated carbocycles. The molecule has 0 aliphatic heterocycles. The Morgan fingerprint density at radius 1 is 1.53 bits per heavy atom. The van der Waals surface area contributed by atoms with E-state index in [0.29, 0.717) is 17.2 Å². The summed E-state index contributed by atoms with van der Waals surface area (Å²) >= 11 is 0. The van der Waals surface area contributed by atoms with E-state index in [2.05, 4.69) is 11.0 Å². The number of carbonyl (C=O) groups excluding carboxylic acids is 1. The van der Waals surface area contributed by atoms with E-state index in [9.17, 15) is 4.79 Å². The molecule has 0 bridgehead atoms. The van der Waals surface area contributed by atoms with Crippen molar-refractivity contribution in [3.05, 3.63) is 29.3 Å². The van der Waals surface area contributed by atoms with Crippen LogP contribution >= 0.6 is 0 Å². The summed E-state index contributed by atoms with van der Waals surface area (Å²) in [6, 6.07) is 7.94. The SMILES string of the molecule is CN(c1ccc(C=O)cc1C#N)C1CC1. The van der Waals surface area contributed by atoms with Crippen molar-refractivity contribution in [2.24, 2.45) is 0 Å². The summed E-state index contributed by atoms with van der Waals surface area (Å²) in [6.45, 7) is 0. The first-order valence-electron chi connectivity index (χ1n) is 4.98. The van der Waals surface area contributed by atoms with Gasteiger partial charge in [0.1, 0.15) is 12.4 Å². The highest BCUT2D eigenvalue weighted by Gasteiger charge is 2.27. The van der Waals surface area contributed by atoms with Crippen molar-refractivity contribution >= 4 is 12.0 Å². The molecule has 1 fully saturated rings. The van der Waals surface area contributed by atoms with E-state index in [1.165, 1.54) is 12.8 Å². The Morgan fingerprint density at radius 2 is 2.27 bits per heavy atom. The number of nitrogens with zero attached hydrogens (tertiary/aromatic N) is 2. The van der Waals surface area contributed by atoms with Crippen LogP contribution in [-0.2, 0) is 0 Å². The molecule has 0 radical (unpaired) electrons. The molecule has 76 valence electrons. The smallest absolute Gasteiger partial charge is 0.150 e. The minimum atomic E-state index is 0.555. The van der Waals surface area contributed by atoms with Crippen molar-refractivity contribution in [1.29, 1.82) is 5.26 Å². The predicted molar refractivity (Wildman–Crippen MR) is 58.0 cm³/mol. The lowest BCUT2D eigenvalue weighted by Gasteiger charge is -2.19. The summed E-state index contributed by atoms with van der Waals surface area (Å²) in [7, 11) is 1.99. The molecule has 3 heteroatoms. The lowest BCUT2D eigenvalue weighted by molar-refractivity contribution is 0.112. The van der Waals surface area contributed by atoms with Gasteiger partial charge in [0, 0.05) is 18.7 Å². The van der Waals surface area contributed by atoms with Gasteiger partial charge < -0.3 is 4.90 Å². The summed E-state index contributed by atoms with van der Waals surface area (Å²) in [6.07, 6.45) is 3.15. The second kappa shape index (κ2) is 3.74. The van der Waals surface area contributed by atoms with E-state index < -0.39 is 0 Å². The van der Waals surface area contributed by atoms with Crippen molar-refractivity contribution in [3.8, 4) is 6.07 Å². The first-order valence-corrected chi connectivity index (χ1v) is 4.98. The molecular formula is C12H12N2O. The highest BCUT2D eigenvalue weighted by molar-refractivity contribution is 5.78. The van der Waals surface area contributed by atoms with Crippen LogP contribution in [0.2, 0.25) is 0 Å². The molecule has 0 spiro atoms. The minimum absolute atomic E-state index is 0.555. The Hall–Kier alpha value is -1.82. The summed E-state index contributed by atoms with van der Waals surface area (Å²) in [5.41, 5.74) is 2.05. The van der Waals surface area contributed by atoms with E-state index in [1.807, 2.05) is 13.1 Å². The summed E-state index contributed by atoms with van der Waals surface area (Å²) in [5, 5.41) is 9.00. The first kappa shape index (κ1) is 9.72. The molecule has 15 heavy (non-hydrogen) atoms. The highest BCUT2D eigenvalue weighted by Crippen LogP contribution is 2.32. The quantitative estimate of drug-likeness (QED) is 0.701. The monoisotopic (exact) mass is 200 g/mol. The fourth-order valence-corrected chi connectivity index (χ4v) is 1.68. The first-order chi connectivity index (χ1) is 7.26. The van der Waals surface area contributed by atoms with Crippen molar-refractivity contribution in [2.45, 2.75) is 18.9 Å². The van der Waals surface area contributed by atoms with Gasteiger partial charge in [-0.25, -0.2) is 0 Å². The summed E-state index contributed by atoms with van der Waals surface area (Å²) < 4.78 is 0. The Kier molecular flexibility index (Phi) is 2.42. The topological polar surface area (TPSA) is 44.1 Å². The number of hydrogen-bond acceptors (Lipinski definition) is 3. The number of aldehydes is 1. The van der Waals surface area contributed by atoms with Gasteiger partial charge in [-0.15, -0.1) is 0 Å². The standard InChI is InChI=1S/C12H12N2O/c1-14(11-3-4-11)12-5-2-9(8-15)6-10(12)7-13/h2,5-6,8,11H,3-4H2,1H3. The van der Waals surface area contributed by atoms with Crippen LogP contribution in [0.25, 0.3) is 0 Å². The number of rotatable bonds is 3. The van der Waals surface area contributed by atoms with Crippen LogP contribution in [0, 0.1) is 11.3 Å². The van der Waals surface area contributed by atoms with Crippen molar-refractivity contribution in [1.82, 2.24) is 0 Å². The lowest BCUT2D eigenvalue weighted by Crippen LogP contribution is -2.20. The van der Waals surface area contributed by atoms with Crippen molar-refractivity contribution in [2.75, 3.05) is 11.9 Å². The maximum absolute atomic E-state index is 10.6. The number of anilines is 1. The molecule has 0 aromatic heterocycles. The average Bonchev–Trinajstić information content (AvgIpc) is 3.11. The van der Waals surface area contributed by atoms with Crippen LogP contribution in [0.15, 0.2) is 18.2 Å². The van der Waals surface area contributed by atoms with Gasteiger partial charge >= 0.3 is 0 Å². The number of hydrogen-bond donors (Lipinski definition) is 0. The molecule has 0 heterocycles. The fraction of sp³-hybridized carbons (Fsp3) is 0.333. The van der Waals surface area contributed by atoms with Crippen LogP contribution < -0.4 is 4.90 Å². The van der Waals surface area contributed by atoms with Crippen LogP contribution in [0.5, 0.6) is 0 Å². The fourth-order valence-electron chi connectivity index (χ4n) is 1.68. The van der Waals surface area contributed by atoms with Crippen LogP contribution in [0.4, 0.5) is 5.69 Å². The largest absolute Gasteiger partial charge is 0.371 e. The van der Waals surface area contributed by atoms with Crippen LogP contribution in [-0.4, -0.2) is 19.4 Å². The Balaban J connectivity index is 2.38. The normalized spacial score (nSPS) is 14.4. The van der Waals surface area contributed by atoms with E-state index >= 15 is 0 Å². The molecule has 1 aliphatic carbocycles. The number of carbonyl (C=O) groups is 1. The maximum atomic E-state index is 10.6. The summed E-state index contributed by atoms with van der Waals surface area (Å²) in [4.78, 5) is 12.7. The van der Waals surface area contributed by atoms with Crippen molar-refractivity contribution in [3.63, 3.8) is 0 Å². The number of benzene rings is 1. The van der Waals surface area contributed by atoms with E-state index in [-0.39, 0.29) is 0 Å². The van der Waals surface area contributed by atoms with E-state index in [4.69, 9.17) is 5.26 Å². The molecule has 0 amide bonds. The van der Waals surface area contributed by atoms with E-state index in [1.54, 1.807) is 12.1 Å². The van der Waals surface area contributed by atoms with Gasteiger partial charge in [-0.3, -0.25) is 4.79 Å². The second-order valence-corrected chi connectivity index (χ2v) is 3.85. The van der Waals surface area contributed by atoms with Crippen LogP contribution in [0.1, 0.15) is 28.8 Å².